The van der Waals surface area contributed by atoms with E-state index in [1.165, 1.54) is 12.1 Å². The first-order chi connectivity index (χ1) is 7.65. The highest BCUT2D eigenvalue weighted by atomic mass is 16.6. The average molecular weight is 221 g/mol. The summed E-state index contributed by atoms with van der Waals surface area (Å²) in [7, 11) is 0. The second-order valence-corrected chi connectivity index (χ2v) is 3.62. The molecule has 2 N–H and O–H groups in total. The van der Waals surface area contributed by atoms with Crippen LogP contribution in [0.3, 0.4) is 0 Å². The molecule has 1 amide bonds. The van der Waals surface area contributed by atoms with Crippen LogP contribution in [0.4, 0.5) is 10.5 Å². The van der Waals surface area contributed by atoms with Crippen LogP contribution in [0.2, 0.25) is 0 Å². The molecule has 1 fully saturated rings. The Morgan fingerprint density at radius 2 is 2.12 bits per heavy atom. The summed E-state index contributed by atoms with van der Waals surface area (Å²) in [5.41, 5.74) is 0.551. The van der Waals surface area contributed by atoms with Gasteiger partial charge in [-0.05, 0) is 31.0 Å². The number of carboxylic acids is 1. The second kappa shape index (κ2) is 4.22. The van der Waals surface area contributed by atoms with Crippen LogP contribution in [0.5, 0.6) is 0 Å². The topological polar surface area (TPSA) is 75.6 Å². The van der Waals surface area contributed by atoms with Crippen molar-refractivity contribution in [2.45, 2.75) is 18.9 Å². The fourth-order valence-electron chi connectivity index (χ4n) is 1.21. The van der Waals surface area contributed by atoms with E-state index >= 15 is 0 Å². The minimum atomic E-state index is -1.03. The lowest BCUT2D eigenvalue weighted by Gasteiger charge is -2.06. The average Bonchev–Trinajstić information content (AvgIpc) is 3.01. The van der Waals surface area contributed by atoms with Crippen LogP contribution in [0.25, 0.3) is 0 Å². The van der Waals surface area contributed by atoms with Gasteiger partial charge in [-0.15, -0.1) is 0 Å². The molecule has 1 aromatic carbocycles. The number of nitrogens with one attached hydrogen (secondary N) is 1. The summed E-state index contributed by atoms with van der Waals surface area (Å²) in [6.07, 6.45) is 1.30. The van der Waals surface area contributed by atoms with E-state index in [1.807, 2.05) is 0 Å². The van der Waals surface area contributed by atoms with Gasteiger partial charge in [-0.3, -0.25) is 5.32 Å². The number of carbonyl (C=O) groups is 2. The smallest absolute Gasteiger partial charge is 0.411 e. The zero-order valence-electron chi connectivity index (χ0n) is 8.47. The van der Waals surface area contributed by atoms with Crippen molar-refractivity contribution in [3.05, 3.63) is 29.8 Å². The van der Waals surface area contributed by atoms with E-state index in [4.69, 9.17) is 9.84 Å². The molecule has 2 rings (SSSR count). The van der Waals surface area contributed by atoms with Crippen LogP contribution < -0.4 is 5.32 Å². The van der Waals surface area contributed by atoms with E-state index in [0.717, 1.165) is 12.8 Å². The molecule has 0 spiro atoms. The third-order valence-electron chi connectivity index (χ3n) is 2.15. The van der Waals surface area contributed by atoms with Crippen molar-refractivity contribution >= 4 is 17.7 Å². The molecule has 84 valence electrons. The van der Waals surface area contributed by atoms with Crippen molar-refractivity contribution in [3.8, 4) is 0 Å². The Kier molecular flexibility index (Phi) is 2.76. The van der Waals surface area contributed by atoms with Gasteiger partial charge in [-0.1, -0.05) is 6.07 Å². The number of ether oxygens (including phenoxy) is 1. The number of carboxylic acid groups (broad SMARTS) is 1. The summed E-state index contributed by atoms with van der Waals surface area (Å²) in [6, 6.07) is 6.02. The fourth-order valence-corrected chi connectivity index (χ4v) is 1.21. The van der Waals surface area contributed by atoms with Gasteiger partial charge in [0.2, 0.25) is 0 Å². The minimum absolute atomic E-state index is 0.0302. The maximum absolute atomic E-state index is 11.3. The molecule has 5 heteroatoms. The molecule has 1 aromatic rings. The minimum Gasteiger partial charge on any atom is -0.478 e. The Labute approximate surface area is 92.0 Å². The molecule has 0 unspecified atom stereocenters. The molecule has 0 saturated heterocycles. The maximum Gasteiger partial charge on any atom is 0.411 e. The molecule has 0 radical (unpaired) electrons. The first kappa shape index (κ1) is 10.5. The molecule has 0 aliphatic heterocycles. The summed E-state index contributed by atoms with van der Waals surface area (Å²) >= 11 is 0. The molecular formula is C11H11NO4. The van der Waals surface area contributed by atoms with E-state index in [1.54, 1.807) is 12.1 Å². The van der Waals surface area contributed by atoms with Crippen LogP contribution in [-0.2, 0) is 4.74 Å². The third-order valence-corrected chi connectivity index (χ3v) is 2.15. The van der Waals surface area contributed by atoms with Gasteiger partial charge < -0.3 is 9.84 Å². The van der Waals surface area contributed by atoms with E-state index in [2.05, 4.69) is 5.32 Å². The fraction of sp³-hybridized carbons (Fsp3) is 0.273. The lowest BCUT2D eigenvalue weighted by molar-refractivity contribution is 0.0696. The molecule has 1 aliphatic carbocycles. The van der Waals surface area contributed by atoms with Crippen LogP contribution in [0.15, 0.2) is 24.3 Å². The first-order valence-corrected chi connectivity index (χ1v) is 4.96. The summed E-state index contributed by atoms with van der Waals surface area (Å²) < 4.78 is 4.97. The van der Waals surface area contributed by atoms with Crippen molar-refractivity contribution in [2.75, 3.05) is 5.32 Å². The van der Waals surface area contributed by atoms with Gasteiger partial charge in [0.1, 0.15) is 6.10 Å². The highest BCUT2D eigenvalue weighted by molar-refractivity contribution is 5.91. The molecule has 16 heavy (non-hydrogen) atoms. The first-order valence-electron chi connectivity index (χ1n) is 4.96. The number of carbonyl (C=O) groups excluding carboxylic acids is 1. The Hall–Kier alpha value is -2.04. The van der Waals surface area contributed by atoms with Crippen LogP contribution in [-0.4, -0.2) is 23.3 Å². The predicted molar refractivity (Wildman–Crippen MR) is 56.5 cm³/mol. The lowest BCUT2D eigenvalue weighted by Crippen LogP contribution is -2.15. The van der Waals surface area contributed by atoms with Crippen molar-refractivity contribution in [1.82, 2.24) is 0 Å². The quantitative estimate of drug-likeness (QED) is 0.819. The van der Waals surface area contributed by atoms with Gasteiger partial charge in [0.25, 0.3) is 0 Å². The van der Waals surface area contributed by atoms with Crippen LogP contribution in [0.1, 0.15) is 23.2 Å². The second-order valence-electron chi connectivity index (χ2n) is 3.62. The predicted octanol–water partition coefficient (Wildman–Crippen LogP) is 2.10. The molecule has 5 nitrogen and oxygen atoms in total. The van der Waals surface area contributed by atoms with E-state index in [9.17, 15) is 9.59 Å². The van der Waals surface area contributed by atoms with Crippen LogP contribution >= 0.6 is 0 Å². The summed E-state index contributed by atoms with van der Waals surface area (Å²) in [4.78, 5) is 21.9. The van der Waals surface area contributed by atoms with E-state index in [0.29, 0.717) is 5.69 Å². The van der Waals surface area contributed by atoms with Crippen molar-refractivity contribution in [3.63, 3.8) is 0 Å². The normalized spacial score (nSPS) is 14.2. The Morgan fingerprint density at radius 3 is 2.75 bits per heavy atom. The van der Waals surface area contributed by atoms with Gasteiger partial charge in [-0.2, -0.15) is 0 Å². The number of hydrogen-bond donors (Lipinski definition) is 2. The van der Waals surface area contributed by atoms with E-state index in [-0.39, 0.29) is 11.7 Å². The summed E-state index contributed by atoms with van der Waals surface area (Å²) in [5, 5.41) is 11.2. The zero-order chi connectivity index (χ0) is 11.5. The number of anilines is 1. The number of amides is 1. The highest BCUT2D eigenvalue weighted by Crippen LogP contribution is 2.24. The molecule has 1 aliphatic rings. The highest BCUT2D eigenvalue weighted by Gasteiger charge is 2.25. The van der Waals surface area contributed by atoms with Gasteiger partial charge in [0, 0.05) is 5.69 Å². The number of hydrogen-bond acceptors (Lipinski definition) is 3. The van der Waals surface area contributed by atoms with Crippen molar-refractivity contribution in [2.24, 2.45) is 0 Å². The number of aromatic carboxylic acids is 1. The number of rotatable bonds is 3. The molecule has 0 atom stereocenters. The van der Waals surface area contributed by atoms with Crippen molar-refractivity contribution in [1.29, 1.82) is 0 Å². The zero-order valence-corrected chi connectivity index (χ0v) is 8.47. The molecular weight excluding hydrogens is 210 g/mol. The largest absolute Gasteiger partial charge is 0.478 e. The summed E-state index contributed by atoms with van der Waals surface area (Å²) in [6.45, 7) is 0. The lowest BCUT2D eigenvalue weighted by atomic mass is 10.2. The van der Waals surface area contributed by atoms with Gasteiger partial charge in [0.05, 0.1) is 5.56 Å². The SMILES string of the molecule is O=C(Nc1cccc(C(=O)O)c1)OC1CC1. The van der Waals surface area contributed by atoms with Crippen molar-refractivity contribution < 1.29 is 19.4 Å². The Morgan fingerprint density at radius 1 is 1.38 bits per heavy atom. The number of benzene rings is 1. The molecule has 0 bridgehead atoms. The maximum atomic E-state index is 11.3. The van der Waals surface area contributed by atoms with Crippen LogP contribution in [0, 0.1) is 0 Å². The third kappa shape index (κ3) is 2.73. The van der Waals surface area contributed by atoms with E-state index < -0.39 is 12.1 Å². The summed E-state index contributed by atoms with van der Waals surface area (Å²) in [5.74, 6) is -1.03. The Balaban J connectivity index is 1.99. The van der Waals surface area contributed by atoms with Gasteiger partial charge in [-0.25, -0.2) is 9.59 Å². The molecule has 1 saturated carbocycles. The standard InChI is InChI=1S/C11H11NO4/c13-10(14)7-2-1-3-8(6-7)12-11(15)16-9-4-5-9/h1-3,6,9H,4-5H2,(H,12,15)(H,13,14). The molecule has 0 heterocycles. The van der Waals surface area contributed by atoms with Gasteiger partial charge in [0.15, 0.2) is 0 Å². The monoisotopic (exact) mass is 221 g/mol. The Bertz CT molecular complexity index is 426. The molecule has 0 aromatic heterocycles. The van der Waals surface area contributed by atoms with Gasteiger partial charge >= 0.3 is 12.1 Å².